The summed E-state index contributed by atoms with van der Waals surface area (Å²) in [5.74, 6) is -0.517. The minimum Gasteiger partial charge on any atom is -0.388 e. The second-order valence-electron chi connectivity index (χ2n) is 2.90. The molecule has 0 saturated heterocycles. The molecule has 5 heteroatoms. The Morgan fingerprint density at radius 1 is 1.50 bits per heavy atom. The molecular weight excluding hydrogens is 186 g/mol. The molecule has 1 N–H and O–H groups in total. The van der Waals surface area contributed by atoms with Crippen molar-refractivity contribution in [2.45, 2.75) is 6.92 Å². The third-order valence-corrected chi connectivity index (χ3v) is 1.74. The molecule has 14 heavy (non-hydrogen) atoms. The number of carbonyl (C=O) groups is 1. The minimum atomic E-state index is -0.638. The largest absolute Gasteiger partial charge is 0.388 e. The number of nitro groups is 1. The highest BCUT2D eigenvalue weighted by atomic mass is 16.6. The molecule has 1 aromatic carbocycles. The van der Waals surface area contributed by atoms with Crippen molar-refractivity contribution in [3.8, 4) is 0 Å². The Morgan fingerprint density at radius 3 is 2.64 bits per heavy atom. The van der Waals surface area contributed by atoms with Crippen LogP contribution in [-0.4, -0.2) is 22.4 Å². The lowest BCUT2D eigenvalue weighted by Crippen LogP contribution is -2.05. The number of Topliss-reactive ketones (excluding diaryl/α,β-unsaturated/α-hetero) is 1. The second kappa shape index (κ2) is 3.97. The first-order valence-electron chi connectivity index (χ1n) is 3.94. The van der Waals surface area contributed by atoms with Gasteiger partial charge in [-0.25, -0.2) is 0 Å². The fraction of sp³-hybridized carbons (Fsp3) is 0.222. The summed E-state index contributed by atoms with van der Waals surface area (Å²) in [6, 6.07) is 4.03. The molecule has 0 heterocycles. The third-order valence-electron chi connectivity index (χ3n) is 1.74. The number of nitrogens with zero attached hydrogens (tertiary/aromatic N) is 1. The van der Waals surface area contributed by atoms with E-state index in [2.05, 4.69) is 0 Å². The zero-order valence-electron chi connectivity index (χ0n) is 7.56. The molecule has 74 valence electrons. The van der Waals surface area contributed by atoms with Gasteiger partial charge in [-0.05, 0) is 18.6 Å². The van der Waals surface area contributed by atoms with Crippen molar-refractivity contribution in [2.24, 2.45) is 0 Å². The molecule has 0 fully saturated rings. The number of carbonyl (C=O) groups excluding carboxylic acids is 1. The predicted octanol–water partition coefficient (Wildman–Crippen LogP) is 1.08. The third kappa shape index (κ3) is 2.14. The average molecular weight is 195 g/mol. The van der Waals surface area contributed by atoms with Gasteiger partial charge in [0.05, 0.1) is 4.92 Å². The van der Waals surface area contributed by atoms with Gasteiger partial charge < -0.3 is 5.11 Å². The first kappa shape index (κ1) is 10.3. The van der Waals surface area contributed by atoms with Crippen LogP contribution in [0.1, 0.15) is 15.9 Å². The van der Waals surface area contributed by atoms with E-state index in [0.717, 1.165) is 6.07 Å². The maximum atomic E-state index is 11.1. The van der Waals surface area contributed by atoms with Gasteiger partial charge in [0, 0.05) is 17.7 Å². The highest BCUT2D eigenvalue weighted by molar-refractivity contribution is 5.97. The van der Waals surface area contributed by atoms with Crippen LogP contribution < -0.4 is 0 Å². The summed E-state index contributed by atoms with van der Waals surface area (Å²) in [6.07, 6.45) is 0. The van der Waals surface area contributed by atoms with Gasteiger partial charge in [0.25, 0.3) is 5.69 Å². The van der Waals surface area contributed by atoms with E-state index >= 15 is 0 Å². The van der Waals surface area contributed by atoms with Crippen LogP contribution in [0.4, 0.5) is 5.69 Å². The topological polar surface area (TPSA) is 80.4 Å². The fourth-order valence-electron chi connectivity index (χ4n) is 1.12. The summed E-state index contributed by atoms with van der Waals surface area (Å²) in [5, 5.41) is 19.0. The molecule has 0 aliphatic rings. The van der Waals surface area contributed by atoms with Crippen molar-refractivity contribution in [3.05, 3.63) is 39.4 Å². The van der Waals surface area contributed by atoms with Gasteiger partial charge in [-0.15, -0.1) is 0 Å². The number of rotatable bonds is 3. The van der Waals surface area contributed by atoms with Crippen molar-refractivity contribution in [1.82, 2.24) is 0 Å². The molecule has 0 aromatic heterocycles. The van der Waals surface area contributed by atoms with E-state index in [4.69, 9.17) is 5.11 Å². The number of hydrogen-bond acceptors (Lipinski definition) is 4. The van der Waals surface area contributed by atoms with Crippen LogP contribution in [-0.2, 0) is 0 Å². The molecule has 0 bridgehead atoms. The molecule has 0 atom stereocenters. The predicted molar refractivity (Wildman–Crippen MR) is 49.2 cm³/mol. The van der Waals surface area contributed by atoms with Crippen molar-refractivity contribution >= 4 is 11.5 Å². The molecule has 0 saturated carbocycles. The maximum absolute atomic E-state index is 11.1. The van der Waals surface area contributed by atoms with Crippen LogP contribution >= 0.6 is 0 Å². The summed E-state index contributed by atoms with van der Waals surface area (Å²) in [6.45, 7) is 1.02. The second-order valence-corrected chi connectivity index (χ2v) is 2.90. The van der Waals surface area contributed by atoms with Crippen molar-refractivity contribution in [3.63, 3.8) is 0 Å². The standard InChI is InChI=1S/C9H9NO4/c1-6-2-7(9(12)5-11)4-8(3-6)10(13)14/h2-4,11H,5H2,1H3. The lowest BCUT2D eigenvalue weighted by atomic mass is 10.1. The van der Waals surface area contributed by atoms with Crippen LogP contribution in [0.15, 0.2) is 18.2 Å². The quantitative estimate of drug-likeness (QED) is 0.444. The number of hydrogen-bond donors (Lipinski definition) is 1. The van der Waals surface area contributed by atoms with Crippen molar-refractivity contribution < 1.29 is 14.8 Å². The van der Waals surface area contributed by atoms with Gasteiger partial charge in [0.1, 0.15) is 6.61 Å². The van der Waals surface area contributed by atoms with Crippen LogP contribution in [0.25, 0.3) is 0 Å². The number of aryl methyl sites for hydroxylation is 1. The Bertz CT molecular complexity index is 386. The molecule has 0 radical (unpaired) electrons. The number of non-ortho nitro benzene ring substituents is 1. The zero-order valence-corrected chi connectivity index (χ0v) is 7.56. The van der Waals surface area contributed by atoms with Crippen molar-refractivity contribution in [1.29, 1.82) is 0 Å². The van der Waals surface area contributed by atoms with Crippen LogP contribution in [0.3, 0.4) is 0 Å². The number of aliphatic hydroxyl groups excluding tert-OH is 1. The molecule has 0 amide bonds. The SMILES string of the molecule is Cc1cc(C(=O)CO)cc([N+](=O)[O-])c1. The van der Waals surface area contributed by atoms with E-state index in [9.17, 15) is 14.9 Å². The summed E-state index contributed by atoms with van der Waals surface area (Å²) in [7, 11) is 0. The summed E-state index contributed by atoms with van der Waals surface area (Å²) < 4.78 is 0. The summed E-state index contributed by atoms with van der Waals surface area (Å²) in [5.41, 5.74) is 0.650. The Kier molecular flexibility index (Phi) is 2.93. The number of nitro benzene ring substituents is 1. The number of benzene rings is 1. The normalized spacial score (nSPS) is 9.86. The minimum absolute atomic E-state index is 0.137. The Hall–Kier alpha value is -1.75. The molecule has 5 nitrogen and oxygen atoms in total. The van der Waals surface area contributed by atoms with Gasteiger partial charge in [-0.1, -0.05) is 0 Å². The molecule has 0 aliphatic heterocycles. The monoisotopic (exact) mass is 195 g/mol. The Balaban J connectivity index is 3.20. The maximum Gasteiger partial charge on any atom is 0.270 e. The van der Waals surface area contributed by atoms with E-state index in [-0.39, 0.29) is 11.3 Å². The van der Waals surface area contributed by atoms with Crippen molar-refractivity contribution in [2.75, 3.05) is 6.61 Å². The zero-order chi connectivity index (χ0) is 10.7. The lowest BCUT2D eigenvalue weighted by Gasteiger charge is -1.99. The van der Waals surface area contributed by atoms with Gasteiger partial charge >= 0.3 is 0 Å². The first-order valence-corrected chi connectivity index (χ1v) is 3.94. The van der Waals surface area contributed by atoms with Gasteiger partial charge in [-0.2, -0.15) is 0 Å². The highest BCUT2D eigenvalue weighted by Gasteiger charge is 2.12. The van der Waals surface area contributed by atoms with E-state index in [1.165, 1.54) is 12.1 Å². The Morgan fingerprint density at radius 2 is 2.14 bits per heavy atom. The first-order chi connectivity index (χ1) is 6.54. The van der Waals surface area contributed by atoms with E-state index in [0.29, 0.717) is 5.56 Å². The van der Waals surface area contributed by atoms with Crippen LogP contribution in [0, 0.1) is 17.0 Å². The van der Waals surface area contributed by atoms with Gasteiger partial charge in [0.2, 0.25) is 0 Å². The lowest BCUT2D eigenvalue weighted by molar-refractivity contribution is -0.384. The average Bonchev–Trinajstić information content (AvgIpc) is 2.15. The number of aliphatic hydroxyl groups is 1. The van der Waals surface area contributed by atoms with E-state index in [1.807, 2.05) is 0 Å². The highest BCUT2D eigenvalue weighted by Crippen LogP contribution is 2.16. The van der Waals surface area contributed by atoms with Gasteiger partial charge in [-0.3, -0.25) is 14.9 Å². The molecule has 0 aliphatic carbocycles. The molecule has 1 rings (SSSR count). The van der Waals surface area contributed by atoms with Crippen LogP contribution in [0.2, 0.25) is 0 Å². The molecule has 0 spiro atoms. The summed E-state index contributed by atoms with van der Waals surface area (Å²) in [4.78, 5) is 20.9. The fourth-order valence-corrected chi connectivity index (χ4v) is 1.12. The Labute approximate surface area is 80.1 Å². The molecule has 0 unspecified atom stereocenters. The van der Waals surface area contributed by atoms with E-state index in [1.54, 1.807) is 6.92 Å². The molecular formula is C9H9NO4. The summed E-state index contributed by atoms with van der Waals surface area (Å²) >= 11 is 0. The van der Waals surface area contributed by atoms with Crippen LogP contribution in [0.5, 0.6) is 0 Å². The molecule has 1 aromatic rings. The van der Waals surface area contributed by atoms with Gasteiger partial charge in [0.15, 0.2) is 5.78 Å². The smallest absolute Gasteiger partial charge is 0.270 e. The number of ketones is 1. The van der Waals surface area contributed by atoms with E-state index < -0.39 is 17.3 Å².